The van der Waals surface area contributed by atoms with Gasteiger partial charge in [-0.15, -0.1) is 0 Å². The maximum atomic E-state index is 5.67. The van der Waals surface area contributed by atoms with Crippen molar-refractivity contribution in [1.82, 2.24) is 0 Å². The first kappa shape index (κ1) is 20.5. The highest BCUT2D eigenvalue weighted by Crippen LogP contribution is 2.19. The molecular weight excluding hydrogens is 264 g/mol. The highest BCUT2D eigenvalue weighted by Gasteiger charge is 2.17. The van der Waals surface area contributed by atoms with Crippen LogP contribution < -0.4 is 0 Å². The molecule has 21 heavy (non-hydrogen) atoms. The van der Waals surface area contributed by atoms with Gasteiger partial charge in [0.1, 0.15) is 0 Å². The number of allylic oxidation sites excluding steroid dienone is 1. The Morgan fingerprint density at radius 2 is 1.57 bits per heavy atom. The van der Waals surface area contributed by atoms with Crippen LogP contribution in [0.25, 0.3) is 0 Å². The zero-order valence-corrected chi connectivity index (χ0v) is 14.6. The van der Waals surface area contributed by atoms with Crippen molar-refractivity contribution in [2.24, 2.45) is 5.92 Å². The fourth-order valence-electron chi connectivity index (χ4n) is 2.42. The topological polar surface area (TPSA) is 27.7 Å². The van der Waals surface area contributed by atoms with E-state index in [2.05, 4.69) is 6.92 Å². The summed E-state index contributed by atoms with van der Waals surface area (Å²) in [6.07, 6.45) is 12.3. The lowest BCUT2D eigenvalue weighted by Crippen LogP contribution is -2.23. The largest absolute Gasteiger partial charge is 0.501 e. The van der Waals surface area contributed by atoms with E-state index in [-0.39, 0.29) is 6.29 Å². The highest BCUT2D eigenvalue weighted by molar-refractivity contribution is 4.68. The number of unbranched alkanes of at least 4 members (excludes halogenated alkanes) is 4. The Kier molecular flexibility index (Phi) is 15.4. The molecule has 0 aliphatic heterocycles. The normalized spacial score (nSPS) is 13.2. The number of hydrogen-bond acceptors (Lipinski definition) is 3. The van der Waals surface area contributed by atoms with Crippen LogP contribution in [0.4, 0.5) is 0 Å². The predicted molar refractivity (Wildman–Crippen MR) is 89.3 cm³/mol. The van der Waals surface area contributed by atoms with E-state index >= 15 is 0 Å². The van der Waals surface area contributed by atoms with E-state index in [9.17, 15) is 0 Å². The molecule has 0 aromatic rings. The van der Waals surface area contributed by atoms with E-state index in [1.54, 1.807) is 6.26 Å². The van der Waals surface area contributed by atoms with Crippen molar-refractivity contribution in [3.8, 4) is 0 Å². The summed E-state index contributed by atoms with van der Waals surface area (Å²) in [7, 11) is 0. The Bertz CT molecular complexity index is 223. The predicted octanol–water partition coefficient (Wildman–Crippen LogP) is 5.30. The third kappa shape index (κ3) is 12.9. The van der Waals surface area contributed by atoms with Gasteiger partial charge in [0.2, 0.25) is 0 Å². The summed E-state index contributed by atoms with van der Waals surface area (Å²) < 4.78 is 16.9. The molecule has 0 amide bonds. The minimum atomic E-state index is -0.0881. The van der Waals surface area contributed by atoms with Gasteiger partial charge in [-0.2, -0.15) is 0 Å². The van der Waals surface area contributed by atoms with Gasteiger partial charge in [-0.25, -0.2) is 0 Å². The average molecular weight is 300 g/mol. The second-order valence-electron chi connectivity index (χ2n) is 5.45. The molecule has 0 aromatic heterocycles. The zero-order chi connectivity index (χ0) is 15.8. The Morgan fingerprint density at radius 3 is 2.14 bits per heavy atom. The average Bonchev–Trinajstić information content (AvgIpc) is 2.47. The molecule has 0 radical (unpaired) electrons. The quantitative estimate of drug-likeness (QED) is 0.233. The lowest BCUT2D eigenvalue weighted by atomic mass is 9.97. The van der Waals surface area contributed by atoms with Gasteiger partial charge in [0, 0.05) is 19.6 Å². The molecule has 0 heterocycles. The van der Waals surface area contributed by atoms with Crippen molar-refractivity contribution in [3.05, 3.63) is 12.3 Å². The molecule has 0 N–H and O–H groups in total. The van der Waals surface area contributed by atoms with Gasteiger partial charge < -0.3 is 14.2 Å². The summed E-state index contributed by atoms with van der Waals surface area (Å²) >= 11 is 0. The molecule has 0 spiro atoms. The molecule has 0 aliphatic rings. The molecule has 0 aliphatic carbocycles. The van der Waals surface area contributed by atoms with Gasteiger partial charge in [0.25, 0.3) is 0 Å². The van der Waals surface area contributed by atoms with Gasteiger partial charge in [-0.05, 0) is 33.1 Å². The van der Waals surface area contributed by atoms with Gasteiger partial charge >= 0.3 is 0 Å². The minimum absolute atomic E-state index is 0.0881. The van der Waals surface area contributed by atoms with Crippen LogP contribution in [-0.2, 0) is 14.2 Å². The summed E-state index contributed by atoms with van der Waals surface area (Å²) in [6.45, 7) is 10.4. The highest BCUT2D eigenvalue weighted by atomic mass is 16.7. The van der Waals surface area contributed by atoms with Crippen LogP contribution in [0.5, 0.6) is 0 Å². The van der Waals surface area contributed by atoms with Crippen LogP contribution >= 0.6 is 0 Å². The molecule has 0 fully saturated rings. The third-order valence-corrected chi connectivity index (χ3v) is 3.51. The van der Waals surface area contributed by atoms with Crippen molar-refractivity contribution in [3.63, 3.8) is 0 Å². The zero-order valence-electron chi connectivity index (χ0n) is 14.6. The van der Waals surface area contributed by atoms with Gasteiger partial charge in [0.15, 0.2) is 6.29 Å². The van der Waals surface area contributed by atoms with Crippen molar-refractivity contribution in [1.29, 1.82) is 0 Å². The first-order valence-electron chi connectivity index (χ1n) is 8.74. The molecular formula is C18H36O3. The molecule has 0 saturated carbocycles. The maximum absolute atomic E-state index is 5.67. The lowest BCUT2D eigenvalue weighted by molar-refractivity contribution is -0.148. The van der Waals surface area contributed by atoms with E-state index in [4.69, 9.17) is 14.2 Å². The molecule has 0 saturated heterocycles. The fourth-order valence-corrected chi connectivity index (χ4v) is 2.42. The number of ether oxygens (including phenoxy) is 3. The Morgan fingerprint density at radius 1 is 0.905 bits per heavy atom. The van der Waals surface area contributed by atoms with Gasteiger partial charge in [-0.1, -0.05) is 45.1 Å². The summed E-state index contributed by atoms with van der Waals surface area (Å²) in [5.41, 5.74) is 0. The van der Waals surface area contributed by atoms with Crippen LogP contribution in [0.2, 0.25) is 0 Å². The molecule has 126 valence electrons. The van der Waals surface area contributed by atoms with Gasteiger partial charge in [0.05, 0.1) is 12.9 Å². The van der Waals surface area contributed by atoms with Crippen LogP contribution in [0, 0.1) is 5.92 Å². The van der Waals surface area contributed by atoms with E-state index < -0.39 is 0 Å². The SMILES string of the molecule is CC=COCC(CCCCCCC)CC(OCC)OCC. The Hall–Kier alpha value is -0.540. The second kappa shape index (κ2) is 15.8. The second-order valence-corrected chi connectivity index (χ2v) is 5.45. The molecule has 3 nitrogen and oxygen atoms in total. The number of rotatable bonds is 15. The molecule has 1 atom stereocenters. The third-order valence-electron chi connectivity index (χ3n) is 3.51. The lowest BCUT2D eigenvalue weighted by Gasteiger charge is -2.23. The standard InChI is InChI=1S/C18H36O3/c1-5-9-10-11-12-13-17(16-19-14-6-2)15-18(20-7-3)21-8-4/h6,14,17-18H,5,7-13,15-16H2,1-4H3. The van der Waals surface area contributed by atoms with Crippen LogP contribution in [0.3, 0.4) is 0 Å². The summed E-state index contributed by atoms with van der Waals surface area (Å²) in [5, 5.41) is 0. The number of hydrogen-bond donors (Lipinski definition) is 0. The van der Waals surface area contributed by atoms with E-state index in [1.807, 2.05) is 26.8 Å². The summed E-state index contributed by atoms with van der Waals surface area (Å²) in [5.74, 6) is 0.505. The van der Waals surface area contributed by atoms with Crippen molar-refractivity contribution >= 4 is 0 Å². The van der Waals surface area contributed by atoms with E-state index in [0.717, 1.165) is 13.0 Å². The van der Waals surface area contributed by atoms with E-state index in [0.29, 0.717) is 19.1 Å². The molecule has 0 bridgehead atoms. The molecule has 0 rings (SSSR count). The molecule has 0 aromatic carbocycles. The van der Waals surface area contributed by atoms with Crippen LogP contribution in [0.15, 0.2) is 12.3 Å². The smallest absolute Gasteiger partial charge is 0.157 e. The fraction of sp³-hybridized carbons (Fsp3) is 0.889. The monoisotopic (exact) mass is 300 g/mol. The minimum Gasteiger partial charge on any atom is -0.501 e. The first-order chi connectivity index (χ1) is 10.3. The first-order valence-corrected chi connectivity index (χ1v) is 8.74. The van der Waals surface area contributed by atoms with Crippen molar-refractivity contribution in [2.75, 3.05) is 19.8 Å². The van der Waals surface area contributed by atoms with Crippen LogP contribution in [-0.4, -0.2) is 26.1 Å². The van der Waals surface area contributed by atoms with Gasteiger partial charge in [-0.3, -0.25) is 0 Å². The summed E-state index contributed by atoms with van der Waals surface area (Å²) in [4.78, 5) is 0. The van der Waals surface area contributed by atoms with Crippen molar-refractivity contribution in [2.45, 2.75) is 78.9 Å². The molecule has 3 heteroatoms. The maximum Gasteiger partial charge on any atom is 0.157 e. The van der Waals surface area contributed by atoms with Crippen molar-refractivity contribution < 1.29 is 14.2 Å². The van der Waals surface area contributed by atoms with Crippen LogP contribution in [0.1, 0.15) is 72.6 Å². The molecule has 1 unspecified atom stereocenters. The Labute approximate surface area is 132 Å². The Balaban J connectivity index is 4.14. The summed E-state index contributed by atoms with van der Waals surface area (Å²) in [6, 6.07) is 0. The van der Waals surface area contributed by atoms with E-state index in [1.165, 1.54) is 38.5 Å².